The Balaban J connectivity index is 3.68. The molecule has 3 unspecified atom stereocenters. The molecule has 51 heavy (non-hydrogen) atoms. The quantitative estimate of drug-likeness (QED) is 0.0375. The summed E-state index contributed by atoms with van der Waals surface area (Å²) in [7, 11) is 0. The van der Waals surface area contributed by atoms with Crippen LogP contribution in [0.25, 0.3) is 0 Å². The van der Waals surface area contributed by atoms with Crippen LogP contribution in [0.5, 0.6) is 0 Å². The monoisotopic (exact) mass is 718 g/mol. The molecule has 300 valence electrons. The Hall–Kier alpha value is -1.43. The summed E-state index contributed by atoms with van der Waals surface area (Å²) in [5.41, 5.74) is 0. The molecule has 0 saturated heterocycles. The maximum absolute atomic E-state index is 12.4. The molecule has 0 aliphatic carbocycles. The molecule has 0 rings (SSSR count). The van der Waals surface area contributed by atoms with Gasteiger partial charge in [0.05, 0.1) is 18.8 Å². The van der Waals surface area contributed by atoms with Gasteiger partial charge < -0.3 is 20.6 Å². The van der Waals surface area contributed by atoms with Gasteiger partial charge >= 0.3 is 0 Å². The first kappa shape index (κ1) is 49.6. The molecular formula is C46H87NO4. The molecule has 0 aromatic heterocycles. The summed E-state index contributed by atoms with van der Waals surface area (Å²) in [6.45, 7) is 4.14. The molecule has 0 aromatic rings. The van der Waals surface area contributed by atoms with Gasteiger partial charge in [-0.25, -0.2) is 0 Å². The molecule has 0 spiro atoms. The van der Waals surface area contributed by atoms with E-state index in [0.717, 1.165) is 51.4 Å². The summed E-state index contributed by atoms with van der Waals surface area (Å²) in [6.07, 6.45) is 51.1. The van der Waals surface area contributed by atoms with Crippen molar-refractivity contribution in [3.8, 4) is 0 Å². The van der Waals surface area contributed by atoms with Crippen LogP contribution in [-0.2, 0) is 4.79 Å². The van der Waals surface area contributed by atoms with Crippen molar-refractivity contribution in [3.05, 3.63) is 36.5 Å². The van der Waals surface area contributed by atoms with E-state index >= 15 is 0 Å². The van der Waals surface area contributed by atoms with Gasteiger partial charge in [-0.15, -0.1) is 0 Å². The van der Waals surface area contributed by atoms with E-state index in [1.54, 1.807) is 0 Å². The number of amides is 1. The van der Waals surface area contributed by atoms with E-state index in [9.17, 15) is 20.1 Å². The molecule has 1 amide bonds. The summed E-state index contributed by atoms with van der Waals surface area (Å²) in [5, 5.41) is 33.5. The molecule has 0 radical (unpaired) electrons. The van der Waals surface area contributed by atoms with Crippen LogP contribution in [0.2, 0.25) is 0 Å². The molecule has 5 nitrogen and oxygen atoms in total. The van der Waals surface area contributed by atoms with Crippen LogP contribution >= 0.6 is 0 Å². The third-order valence-corrected chi connectivity index (χ3v) is 10.2. The van der Waals surface area contributed by atoms with E-state index in [1.165, 1.54) is 148 Å². The lowest BCUT2D eigenvalue weighted by Gasteiger charge is -2.26. The predicted molar refractivity (Wildman–Crippen MR) is 222 cm³/mol. The van der Waals surface area contributed by atoms with Crippen LogP contribution in [0.3, 0.4) is 0 Å². The predicted octanol–water partition coefficient (Wildman–Crippen LogP) is 12.8. The SMILES string of the molecule is CCCCC/C=C\C/C=C\CCCCCCCCCC(=O)NC(CO)C(O)C(O)CCC/C=C/CCCCCCCCCCCCCCCCC. The van der Waals surface area contributed by atoms with Crippen molar-refractivity contribution in [1.82, 2.24) is 5.32 Å². The summed E-state index contributed by atoms with van der Waals surface area (Å²) in [4.78, 5) is 12.4. The Morgan fingerprint density at radius 1 is 0.490 bits per heavy atom. The van der Waals surface area contributed by atoms with Crippen LogP contribution in [0.4, 0.5) is 0 Å². The summed E-state index contributed by atoms with van der Waals surface area (Å²) >= 11 is 0. The Kier molecular flexibility index (Phi) is 40.2. The summed E-state index contributed by atoms with van der Waals surface area (Å²) < 4.78 is 0. The Morgan fingerprint density at radius 2 is 0.843 bits per heavy atom. The van der Waals surface area contributed by atoms with Gasteiger partial charge in [0.15, 0.2) is 0 Å². The van der Waals surface area contributed by atoms with E-state index in [0.29, 0.717) is 12.8 Å². The van der Waals surface area contributed by atoms with E-state index < -0.39 is 18.2 Å². The van der Waals surface area contributed by atoms with Gasteiger partial charge in [-0.1, -0.05) is 185 Å². The zero-order valence-electron chi connectivity index (χ0n) is 34.0. The molecule has 4 N–H and O–H groups in total. The maximum atomic E-state index is 12.4. The number of hydrogen-bond donors (Lipinski definition) is 4. The lowest BCUT2D eigenvalue weighted by molar-refractivity contribution is -0.124. The minimum absolute atomic E-state index is 0.162. The molecule has 0 bridgehead atoms. The Morgan fingerprint density at radius 3 is 1.29 bits per heavy atom. The number of nitrogens with one attached hydrogen (secondary N) is 1. The smallest absolute Gasteiger partial charge is 0.220 e. The second-order valence-corrected chi connectivity index (χ2v) is 15.2. The van der Waals surface area contributed by atoms with E-state index in [2.05, 4.69) is 55.6 Å². The second kappa shape index (κ2) is 41.3. The van der Waals surface area contributed by atoms with Crippen molar-refractivity contribution in [2.45, 2.75) is 244 Å². The van der Waals surface area contributed by atoms with Crippen LogP contribution in [0.15, 0.2) is 36.5 Å². The van der Waals surface area contributed by atoms with E-state index in [4.69, 9.17) is 0 Å². The lowest BCUT2D eigenvalue weighted by Crippen LogP contribution is -2.50. The number of allylic oxidation sites excluding steroid dienone is 6. The fraction of sp³-hybridized carbons (Fsp3) is 0.848. The molecule has 0 aliphatic heterocycles. The standard InChI is InChI=1S/C46H87NO4/c1-3-5-7-9-11-13-15-17-19-21-22-23-25-26-28-30-32-34-36-38-40-44(49)46(51)43(42-48)47-45(50)41-39-37-35-33-31-29-27-24-20-18-16-14-12-10-8-6-4-2/h12,14,18,20,32,34,43-44,46,48-49,51H,3-11,13,15-17,19,21-31,33,35-42H2,1-2H3,(H,47,50)/b14-12-,20-18-,34-32+. The molecule has 0 saturated carbocycles. The number of carbonyl (C=O) groups excluding carboxylic acids is 1. The van der Waals surface area contributed by atoms with Crippen molar-refractivity contribution in [2.75, 3.05) is 6.61 Å². The third kappa shape index (κ3) is 36.7. The van der Waals surface area contributed by atoms with Gasteiger partial charge in [0.25, 0.3) is 0 Å². The van der Waals surface area contributed by atoms with Crippen molar-refractivity contribution in [1.29, 1.82) is 0 Å². The first-order valence-corrected chi connectivity index (χ1v) is 22.3. The van der Waals surface area contributed by atoms with Crippen LogP contribution in [0, 0.1) is 0 Å². The van der Waals surface area contributed by atoms with Crippen LogP contribution in [-0.4, -0.2) is 46.1 Å². The van der Waals surface area contributed by atoms with Crippen molar-refractivity contribution in [2.24, 2.45) is 0 Å². The zero-order chi connectivity index (χ0) is 37.3. The van der Waals surface area contributed by atoms with Crippen molar-refractivity contribution in [3.63, 3.8) is 0 Å². The van der Waals surface area contributed by atoms with Gasteiger partial charge in [-0.2, -0.15) is 0 Å². The third-order valence-electron chi connectivity index (χ3n) is 10.2. The first-order chi connectivity index (χ1) is 25.1. The molecular weight excluding hydrogens is 631 g/mol. The highest BCUT2D eigenvalue weighted by atomic mass is 16.3. The zero-order valence-corrected chi connectivity index (χ0v) is 34.0. The Bertz CT molecular complexity index is 794. The first-order valence-electron chi connectivity index (χ1n) is 22.3. The fourth-order valence-electron chi connectivity index (χ4n) is 6.72. The number of aliphatic hydroxyl groups excluding tert-OH is 3. The molecule has 3 atom stereocenters. The number of aliphatic hydroxyl groups is 3. The van der Waals surface area contributed by atoms with Crippen molar-refractivity contribution < 1.29 is 20.1 Å². The van der Waals surface area contributed by atoms with Gasteiger partial charge in [-0.05, 0) is 70.6 Å². The van der Waals surface area contributed by atoms with Gasteiger partial charge in [0.2, 0.25) is 5.91 Å². The molecule has 0 aromatic carbocycles. The van der Waals surface area contributed by atoms with Gasteiger partial charge in [0.1, 0.15) is 6.10 Å². The van der Waals surface area contributed by atoms with E-state index in [1.807, 2.05) is 0 Å². The minimum atomic E-state index is -1.16. The normalized spacial score (nSPS) is 13.9. The second-order valence-electron chi connectivity index (χ2n) is 15.2. The van der Waals surface area contributed by atoms with Gasteiger partial charge in [-0.3, -0.25) is 4.79 Å². The number of unbranched alkanes of at least 4 members (excludes halogenated alkanes) is 26. The molecule has 0 fully saturated rings. The highest BCUT2D eigenvalue weighted by molar-refractivity contribution is 5.76. The van der Waals surface area contributed by atoms with Gasteiger partial charge in [0, 0.05) is 6.42 Å². The number of carbonyl (C=O) groups is 1. The number of rotatable bonds is 40. The summed E-state index contributed by atoms with van der Waals surface area (Å²) in [5.74, 6) is -0.162. The topological polar surface area (TPSA) is 89.8 Å². The summed E-state index contributed by atoms with van der Waals surface area (Å²) in [6, 6.07) is -0.830. The van der Waals surface area contributed by atoms with Crippen molar-refractivity contribution >= 4 is 5.91 Å². The maximum Gasteiger partial charge on any atom is 0.220 e. The molecule has 0 aliphatic rings. The average Bonchev–Trinajstić information content (AvgIpc) is 3.13. The highest BCUT2D eigenvalue weighted by Gasteiger charge is 2.26. The molecule has 5 heteroatoms. The van der Waals surface area contributed by atoms with E-state index in [-0.39, 0.29) is 12.5 Å². The fourth-order valence-corrected chi connectivity index (χ4v) is 6.72. The van der Waals surface area contributed by atoms with Crippen LogP contribution < -0.4 is 5.32 Å². The Labute approximate surface area is 317 Å². The largest absolute Gasteiger partial charge is 0.394 e. The average molecular weight is 718 g/mol. The number of hydrogen-bond acceptors (Lipinski definition) is 4. The van der Waals surface area contributed by atoms with Crippen LogP contribution in [0.1, 0.15) is 226 Å². The highest BCUT2D eigenvalue weighted by Crippen LogP contribution is 2.15. The lowest BCUT2D eigenvalue weighted by atomic mass is 10.0. The molecule has 0 heterocycles. The minimum Gasteiger partial charge on any atom is -0.394 e.